The molecule has 4 rings (SSSR count). The molecule has 0 saturated carbocycles. The number of carbonyl (C=O) groups is 2. The van der Waals surface area contributed by atoms with Gasteiger partial charge in [-0.15, -0.1) is 0 Å². The highest BCUT2D eigenvalue weighted by Gasteiger charge is 2.26. The minimum atomic E-state index is -0.359. The average molecular weight is 416 g/mol. The largest absolute Gasteiger partial charge is 0.351 e. The van der Waals surface area contributed by atoms with Crippen molar-refractivity contribution in [3.8, 4) is 0 Å². The molecule has 1 atom stereocenters. The second-order valence-corrected chi connectivity index (χ2v) is 7.77. The van der Waals surface area contributed by atoms with Crippen molar-refractivity contribution in [2.45, 2.75) is 32.2 Å². The Kier molecular flexibility index (Phi) is 6.12. The summed E-state index contributed by atoms with van der Waals surface area (Å²) in [6, 6.07) is 21.4. The Hall–Kier alpha value is -3.47. The minimum absolute atomic E-state index is 0.0160. The summed E-state index contributed by atoms with van der Waals surface area (Å²) >= 11 is 0. The van der Waals surface area contributed by atoms with Gasteiger partial charge in [-0.3, -0.25) is 9.59 Å². The first kappa shape index (κ1) is 20.8. The van der Waals surface area contributed by atoms with Crippen LogP contribution in [0.1, 0.15) is 46.3 Å². The van der Waals surface area contributed by atoms with Crippen molar-refractivity contribution in [1.82, 2.24) is 5.32 Å². The third-order valence-corrected chi connectivity index (χ3v) is 5.77. The van der Waals surface area contributed by atoms with Gasteiger partial charge in [0.25, 0.3) is 5.91 Å². The third kappa shape index (κ3) is 4.50. The zero-order chi connectivity index (χ0) is 21.8. The maximum Gasteiger partial charge on any atom is 0.258 e. The van der Waals surface area contributed by atoms with Crippen LogP contribution in [-0.2, 0) is 17.8 Å². The number of nitrogens with one attached hydrogen (secondary N) is 1. The number of carbonyl (C=O) groups excluding carboxylic acids is 2. The highest BCUT2D eigenvalue weighted by molar-refractivity contribution is 6.07. The average Bonchev–Trinajstić information content (AvgIpc) is 3.22. The van der Waals surface area contributed by atoms with Crippen LogP contribution in [0.4, 0.5) is 10.1 Å². The number of halogens is 1. The summed E-state index contributed by atoms with van der Waals surface area (Å²) in [4.78, 5) is 27.3. The van der Waals surface area contributed by atoms with Gasteiger partial charge in [0.05, 0.1) is 5.92 Å². The van der Waals surface area contributed by atoms with Crippen LogP contribution in [0, 0.1) is 5.82 Å². The summed E-state index contributed by atoms with van der Waals surface area (Å²) in [5.74, 6) is -0.641. The molecule has 0 spiro atoms. The van der Waals surface area contributed by atoms with Gasteiger partial charge in [0, 0.05) is 24.3 Å². The molecule has 0 saturated heterocycles. The van der Waals surface area contributed by atoms with E-state index in [-0.39, 0.29) is 23.5 Å². The van der Waals surface area contributed by atoms with Gasteiger partial charge in [-0.1, -0.05) is 49.4 Å². The van der Waals surface area contributed by atoms with Crippen LogP contribution in [-0.4, -0.2) is 18.4 Å². The van der Waals surface area contributed by atoms with Crippen molar-refractivity contribution in [3.05, 3.63) is 101 Å². The molecule has 1 aliphatic heterocycles. The smallest absolute Gasteiger partial charge is 0.258 e. The number of amides is 2. The molecular weight excluding hydrogens is 391 g/mol. The van der Waals surface area contributed by atoms with Crippen molar-refractivity contribution in [2.75, 3.05) is 11.4 Å². The minimum Gasteiger partial charge on any atom is -0.351 e. The maximum absolute atomic E-state index is 13.2. The predicted molar refractivity (Wildman–Crippen MR) is 120 cm³/mol. The van der Waals surface area contributed by atoms with Crippen molar-refractivity contribution >= 4 is 17.5 Å². The zero-order valence-corrected chi connectivity index (χ0v) is 17.5. The molecule has 1 N–H and O–H groups in total. The Labute approximate surface area is 181 Å². The lowest BCUT2D eigenvalue weighted by Crippen LogP contribution is -2.29. The number of hydrogen-bond acceptors (Lipinski definition) is 2. The van der Waals surface area contributed by atoms with Gasteiger partial charge in [-0.2, -0.15) is 0 Å². The van der Waals surface area contributed by atoms with Crippen LogP contribution in [0.25, 0.3) is 0 Å². The van der Waals surface area contributed by atoms with E-state index in [2.05, 4.69) is 11.4 Å². The van der Waals surface area contributed by atoms with Crippen LogP contribution in [0.2, 0.25) is 0 Å². The Morgan fingerprint density at radius 3 is 2.48 bits per heavy atom. The van der Waals surface area contributed by atoms with E-state index in [1.165, 1.54) is 24.3 Å². The van der Waals surface area contributed by atoms with E-state index < -0.39 is 0 Å². The highest BCUT2D eigenvalue weighted by Crippen LogP contribution is 2.30. The standard InChI is InChI=1S/C26H25FN2O2/c1-2-23(19-6-4-3-5-7-19)25(30)28-17-18-8-13-24-21(16-18)14-15-29(24)26(31)20-9-11-22(27)12-10-20/h3-13,16,23H,2,14-15,17H2,1H3,(H,28,30)/t23-/m1/s1. The van der Waals surface area contributed by atoms with Crippen LogP contribution in [0.3, 0.4) is 0 Å². The fourth-order valence-electron chi connectivity index (χ4n) is 4.09. The zero-order valence-electron chi connectivity index (χ0n) is 17.5. The third-order valence-electron chi connectivity index (χ3n) is 5.77. The second kappa shape index (κ2) is 9.13. The second-order valence-electron chi connectivity index (χ2n) is 7.77. The first-order valence-electron chi connectivity index (χ1n) is 10.6. The van der Waals surface area contributed by atoms with E-state index in [1.54, 1.807) is 4.90 Å². The molecule has 1 heterocycles. The van der Waals surface area contributed by atoms with Crippen molar-refractivity contribution in [2.24, 2.45) is 0 Å². The topological polar surface area (TPSA) is 49.4 Å². The maximum atomic E-state index is 13.2. The lowest BCUT2D eigenvalue weighted by atomic mass is 9.95. The van der Waals surface area contributed by atoms with E-state index in [4.69, 9.17) is 0 Å². The number of rotatable bonds is 6. The van der Waals surface area contributed by atoms with Crippen LogP contribution in [0.5, 0.6) is 0 Å². The molecule has 0 aromatic heterocycles. The summed E-state index contributed by atoms with van der Waals surface area (Å²) in [6.07, 6.45) is 1.49. The fourth-order valence-corrected chi connectivity index (χ4v) is 4.09. The van der Waals surface area contributed by atoms with E-state index in [0.29, 0.717) is 18.7 Å². The van der Waals surface area contributed by atoms with E-state index >= 15 is 0 Å². The Morgan fingerprint density at radius 1 is 1.03 bits per heavy atom. The summed E-state index contributed by atoms with van der Waals surface area (Å²) in [7, 11) is 0. The molecule has 0 fully saturated rings. The highest BCUT2D eigenvalue weighted by atomic mass is 19.1. The molecule has 31 heavy (non-hydrogen) atoms. The molecule has 158 valence electrons. The molecule has 3 aromatic carbocycles. The summed E-state index contributed by atoms with van der Waals surface area (Å²) < 4.78 is 13.2. The van der Waals surface area contributed by atoms with Gasteiger partial charge in [0.1, 0.15) is 5.82 Å². The molecule has 4 nitrogen and oxygen atoms in total. The lowest BCUT2D eigenvalue weighted by molar-refractivity contribution is -0.122. The predicted octanol–water partition coefficient (Wildman–Crippen LogP) is 4.84. The van der Waals surface area contributed by atoms with Gasteiger partial charge in [0.15, 0.2) is 0 Å². The molecule has 5 heteroatoms. The number of fused-ring (bicyclic) bond motifs is 1. The van der Waals surface area contributed by atoms with E-state index in [9.17, 15) is 14.0 Å². The summed E-state index contributed by atoms with van der Waals surface area (Å²) in [5.41, 5.74) is 4.45. The number of nitrogens with zero attached hydrogens (tertiary/aromatic N) is 1. The molecule has 0 radical (unpaired) electrons. The normalized spacial score (nSPS) is 13.5. The lowest BCUT2D eigenvalue weighted by Gasteiger charge is -2.18. The van der Waals surface area contributed by atoms with Gasteiger partial charge < -0.3 is 10.2 Å². The molecule has 1 aliphatic rings. The van der Waals surface area contributed by atoms with Crippen molar-refractivity contribution < 1.29 is 14.0 Å². The Morgan fingerprint density at radius 2 is 1.77 bits per heavy atom. The van der Waals surface area contributed by atoms with Crippen molar-refractivity contribution in [3.63, 3.8) is 0 Å². The Balaban J connectivity index is 1.43. The van der Waals surface area contributed by atoms with E-state index in [1.807, 2.05) is 49.4 Å². The SMILES string of the molecule is CC[C@@H](C(=O)NCc1ccc2c(c1)CCN2C(=O)c1ccc(F)cc1)c1ccccc1. The molecule has 0 bridgehead atoms. The number of anilines is 1. The monoisotopic (exact) mass is 416 g/mol. The molecule has 0 unspecified atom stereocenters. The number of hydrogen-bond donors (Lipinski definition) is 1. The van der Waals surface area contributed by atoms with Crippen LogP contribution < -0.4 is 10.2 Å². The number of benzene rings is 3. The van der Waals surface area contributed by atoms with Gasteiger partial charge in [-0.05, 0) is 59.9 Å². The van der Waals surface area contributed by atoms with Crippen molar-refractivity contribution in [1.29, 1.82) is 0 Å². The first-order valence-corrected chi connectivity index (χ1v) is 10.6. The quantitative estimate of drug-likeness (QED) is 0.625. The van der Waals surface area contributed by atoms with Crippen LogP contribution >= 0.6 is 0 Å². The van der Waals surface area contributed by atoms with Gasteiger partial charge in [-0.25, -0.2) is 4.39 Å². The van der Waals surface area contributed by atoms with Gasteiger partial charge >= 0.3 is 0 Å². The van der Waals surface area contributed by atoms with Crippen LogP contribution in [0.15, 0.2) is 72.8 Å². The first-order chi connectivity index (χ1) is 15.1. The van der Waals surface area contributed by atoms with E-state index in [0.717, 1.165) is 35.2 Å². The Bertz CT molecular complexity index is 1080. The summed E-state index contributed by atoms with van der Waals surface area (Å²) in [6.45, 7) is 3.05. The summed E-state index contributed by atoms with van der Waals surface area (Å²) in [5, 5.41) is 3.05. The molecule has 0 aliphatic carbocycles. The fraction of sp³-hybridized carbons (Fsp3) is 0.231. The van der Waals surface area contributed by atoms with Gasteiger partial charge in [0.2, 0.25) is 5.91 Å². The molecule has 3 aromatic rings. The molecule has 2 amide bonds. The molecular formula is C26H25FN2O2.